The van der Waals surface area contributed by atoms with E-state index in [2.05, 4.69) is 10.3 Å². The zero-order valence-electron chi connectivity index (χ0n) is 16.9. The molecular weight excluding hydrogens is 376 g/mol. The van der Waals surface area contributed by atoms with Crippen LogP contribution in [0.15, 0.2) is 79.0 Å². The minimum absolute atomic E-state index is 0.0768. The van der Waals surface area contributed by atoms with Crippen molar-refractivity contribution < 1.29 is 14.3 Å². The van der Waals surface area contributed by atoms with Gasteiger partial charge >= 0.3 is 0 Å². The summed E-state index contributed by atoms with van der Waals surface area (Å²) in [5.74, 6) is 1.57. The Kier molecular flexibility index (Phi) is 5.99. The number of fused-ring (bicyclic) bond motifs is 1. The normalized spacial score (nSPS) is 10.7. The summed E-state index contributed by atoms with van der Waals surface area (Å²) in [4.78, 5) is 15.7. The van der Waals surface area contributed by atoms with Crippen LogP contribution in [0.1, 0.15) is 21.5 Å². The molecule has 1 heterocycles. The van der Waals surface area contributed by atoms with Gasteiger partial charge < -0.3 is 19.8 Å². The summed E-state index contributed by atoms with van der Waals surface area (Å²) >= 11 is 0. The number of aromatic nitrogens is 1. The first-order valence-corrected chi connectivity index (χ1v) is 9.92. The van der Waals surface area contributed by atoms with Gasteiger partial charge in [0.05, 0.1) is 7.11 Å². The molecule has 3 aromatic carbocycles. The Morgan fingerprint density at radius 2 is 1.77 bits per heavy atom. The van der Waals surface area contributed by atoms with Crippen LogP contribution in [-0.2, 0) is 13.0 Å². The van der Waals surface area contributed by atoms with Gasteiger partial charge in [-0.2, -0.15) is 0 Å². The summed E-state index contributed by atoms with van der Waals surface area (Å²) in [7, 11) is 1.66. The summed E-state index contributed by atoms with van der Waals surface area (Å²) in [5.41, 5.74) is 3.86. The van der Waals surface area contributed by atoms with E-state index in [1.54, 1.807) is 7.11 Å². The average Bonchev–Trinajstić information content (AvgIpc) is 3.20. The highest BCUT2D eigenvalue weighted by Crippen LogP contribution is 2.23. The van der Waals surface area contributed by atoms with E-state index in [1.165, 1.54) is 5.56 Å². The molecular formula is C25H24N2O3. The number of H-pyrrole nitrogens is 1. The molecule has 0 atom stereocenters. The fourth-order valence-corrected chi connectivity index (χ4v) is 3.35. The number of aromatic amines is 1. The minimum Gasteiger partial charge on any atom is -0.497 e. The third kappa shape index (κ3) is 4.63. The lowest BCUT2D eigenvalue weighted by atomic mass is 10.1. The molecule has 0 saturated heterocycles. The quantitative estimate of drug-likeness (QED) is 0.450. The second-order valence-corrected chi connectivity index (χ2v) is 7.03. The van der Waals surface area contributed by atoms with Gasteiger partial charge in [0.2, 0.25) is 0 Å². The highest BCUT2D eigenvalue weighted by atomic mass is 16.5. The first-order valence-electron chi connectivity index (χ1n) is 9.92. The van der Waals surface area contributed by atoms with Gasteiger partial charge in [0, 0.05) is 35.3 Å². The molecule has 0 bridgehead atoms. The SMILES string of the molecule is COc1ccc2c(CCNC(=O)c3ccc(COc4ccccc4)cc3)c[nH]c2c1. The van der Waals surface area contributed by atoms with E-state index in [-0.39, 0.29) is 5.91 Å². The van der Waals surface area contributed by atoms with E-state index >= 15 is 0 Å². The molecule has 4 aromatic rings. The predicted octanol–water partition coefficient (Wildman–Crippen LogP) is 4.73. The maximum atomic E-state index is 12.4. The largest absolute Gasteiger partial charge is 0.497 e. The van der Waals surface area contributed by atoms with Gasteiger partial charge in [0.25, 0.3) is 5.91 Å². The Morgan fingerprint density at radius 1 is 0.967 bits per heavy atom. The molecule has 5 nitrogen and oxygen atoms in total. The second-order valence-electron chi connectivity index (χ2n) is 7.03. The Bertz CT molecular complexity index is 1120. The number of methoxy groups -OCH3 is 1. The Balaban J connectivity index is 1.29. The van der Waals surface area contributed by atoms with E-state index in [1.807, 2.05) is 79.0 Å². The smallest absolute Gasteiger partial charge is 0.251 e. The van der Waals surface area contributed by atoms with Crippen molar-refractivity contribution in [3.63, 3.8) is 0 Å². The van der Waals surface area contributed by atoms with Crippen LogP contribution in [0.3, 0.4) is 0 Å². The van der Waals surface area contributed by atoms with Crippen molar-refractivity contribution in [2.75, 3.05) is 13.7 Å². The Hall–Kier alpha value is -3.73. The number of hydrogen-bond donors (Lipinski definition) is 2. The molecule has 4 rings (SSSR count). The minimum atomic E-state index is -0.0768. The Labute approximate surface area is 175 Å². The number of hydrogen-bond acceptors (Lipinski definition) is 3. The molecule has 1 amide bonds. The monoisotopic (exact) mass is 400 g/mol. The number of ether oxygens (including phenoxy) is 2. The van der Waals surface area contributed by atoms with Gasteiger partial charge in [-0.15, -0.1) is 0 Å². The van der Waals surface area contributed by atoms with Crippen LogP contribution in [0, 0.1) is 0 Å². The molecule has 0 unspecified atom stereocenters. The van der Waals surface area contributed by atoms with Crippen LogP contribution < -0.4 is 14.8 Å². The van der Waals surface area contributed by atoms with Crippen molar-refractivity contribution in [1.82, 2.24) is 10.3 Å². The summed E-state index contributed by atoms with van der Waals surface area (Å²) in [6, 6.07) is 23.1. The first-order chi connectivity index (χ1) is 14.7. The fraction of sp³-hybridized carbons (Fsp3) is 0.160. The molecule has 1 aromatic heterocycles. The zero-order valence-corrected chi connectivity index (χ0v) is 16.9. The summed E-state index contributed by atoms with van der Waals surface area (Å²) in [6.07, 6.45) is 2.73. The second kappa shape index (κ2) is 9.18. The fourth-order valence-electron chi connectivity index (χ4n) is 3.35. The number of benzene rings is 3. The molecule has 30 heavy (non-hydrogen) atoms. The molecule has 0 aliphatic rings. The number of nitrogens with one attached hydrogen (secondary N) is 2. The molecule has 0 saturated carbocycles. The lowest BCUT2D eigenvalue weighted by molar-refractivity contribution is 0.0954. The number of rotatable bonds is 8. The maximum absolute atomic E-state index is 12.4. The van der Waals surface area contributed by atoms with Crippen molar-refractivity contribution in [3.8, 4) is 11.5 Å². The van der Waals surface area contributed by atoms with Crippen LogP contribution in [0.4, 0.5) is 0 Å². The van der Waals surface area contributed by atoms with Crippen molar-refractivity contribution in [1.29, 1.82) is 0 Å². The number of amides is 1. The molecule has 0 fully saturated rings. The highest BCUT2D eigenvalue weighted by molar-refractivity contribution is 5.94. The van der Waals surface area contributed by atoms with Crippen LogP contribution >= 0.6 is 0 Å². The van der Waals surface area contributed by atoms with E-state index in [0.717, 1.165) is 34.4 Å². The van der Waals surface area contributed by atoms with Gasteiger partial charge in [0.1, 0.15) is 18.1 Å². The topological polar surface area (TPSA) is 63.4 Å². The van der Waals surface area contributed by atoms with E-state index in [0.29, 0.717) is 18.7 Å². The van der Waals surface area contributed by atoms with Gasteiger partial charge in [-0.25, -0.2) is 0 Å². The molecule has 152 valence electrons. The standard InChI is InChI=1S/C25H24N2O3/c1-29-22-11-12-23-20(16-27-24(23)15-22)13-14-26-25(28)19-9-7-18(8-10-19)17-30-21-5-3-2-4-6-21/h2-12,15-16,27H,13-14,17H2,1H3,(H,26,28). The number of para-hydroxylation sites is 1. The van der Waals surface area contributed by atoms with E-state index in [9.17, 15) is 4.79 Å². The molecule has 0 aliphatic heterocycles. The van der Waals surface area contributed by atoms with Crippen molar-refractivity contribution in [2.24, 2.45) is 0 Å². The van der Waals surface area contributed by atoms with Crippen LogP contribution in [0.2, 0.25) is 0 Å². The number of carbonyl (C=O) groups excluding carboxylic acids is 1. The molecule has 2 N–H and O–H groups in total. The third-order valence-corrected chi connectivity index (χ3v) is 5.02. The van der Waals surface area contributed by atoms with Crippen molar-refractivity contribution in [3.05, 3.63) is 95.7 Å². The first kappa shape index (κ1) is 19.6. The van der Waals surface area contributed by atoms with Gasteiger partial charge in [-0.05, 0) is 53.9 Å². The highest BCUT2D eigenvalue weighted by Gasteiger charge is 2.08. The number of carbonyl (C=O) groups is 1. The molecule has 5 heteroatoms. The zero-order chi connectivity index (χ0) is 20.8. The maximum Gasteiger partial charge on any atom is 0.251 e. The molecule has 0 radical (unpaired) electrons. The van der Waals surface area contributed by atoms with Crippen molar-refractivity contribution in [2.45, 2.75) is 13.0 Å². The Morgan fingerprint density at radius 3 is 2.53 bits per heavy atom. The predicted molar refractivity (Wildman–Crippen MR) is 118 cm³/mol. The average molecular weight is 400 g/mol. The van der Waals surface area contributed by atoms with Gasteiger partial charge in [-0.3, -0.25) is 4.79 Å². The lowest BCUT2D eigenvalue weighted by Crippen LogP contribution is -2.25. The van der Waals surface area contributed by atoms with E-state index in [4.69, 9.17) is 9.47 Å². The van der Waals surface area contributed by atoms with Gasteiger partial charge in [0.15, 0.2) is 0 Å². The van der Waals surface area contributed by atoms with Gasteiger partial charge in [-0.1, -0.05) is 30.3 Å². The summed E-state index contributed by atoms with van der Waals surface area (Å²) in [6.45, 7) is 1.04. The van der Waals surface area contributed by atoms with E-state index < -0.39 is 0 Å². The van der Waals surface area contributed by atoms with Crippen molar-refractivity contribution >= 4 is 16.8 Å². The lowest BCUT2D eigenvalue weighted by Gasteiger charge is -2.08. The van der Waals surface area contributed by atoms with Crippen LogP contribution in [0.5, 0.6) is 11.5 Å². The third-order valence-electron chi connectivity index (χ3n) is 5.02. The van der Waals surface area contributed by atoms with Crippen LogP contribution in [0.25, 0.3) is 10.9 Å². The summed E-state index contributed by atoms with van der Waals surface area (Å²) in [5, 5.41) is 4.14. The summed E-state index contributed by atoms with van der Waals surface area (Å²) < 4.78 is 11.0. The van der Waals surface area contributed by atoms with Crippen LogP contribution in [-0.4, -0.2) is 24.5 Å². The molecule has 0 spiro atoms. The molecule has 0 aliphatic carbocycles.